The monoisotopic (exact) mass is 303 g/mol. The van der Waals surface area contributed by atoms with Gasteiger partial charge in [-0.3, -0.25) is 0 Å². The Hall–Kier alpha value is -1.31. The summed E-state index contributed by atoms with van der Waals surface area (Å²) < 4.78 is 0. The molecule has 0 amide bonds. The van der Waals surface area contributed by atoms with E-state index < -0.39 is 0 Å². The van der Waals surface area contributed by atoms with Gasteiger partial charge in [0.05, 0.1) is 5.71 Å². The van der Waals surface area contributed by atoms with Gasteiger partial charge in [0, 0.05) is 0 Å². The molecule has 2 heteroatoms. The maximum absolute atomic E-state index is 8.75. The van der Waals surface area contributed by atoms with E-state index in [-0.39, 0.29) is 0 Å². The number of oxime groups is 1. The molecule has 22 heavy (non-hydrogen) atoms. The van der Waals surface area contributed by atoms with Crippen molar-refractivity contribution in [2.45, 2.75) is 84.5 Å². The van der Waals surface area contributed by atoms with Crippen molar-refractivity contribution >= 4 is 5.71 Å². The molecule has 0 bridgehead atoms. The molecule has 0 aromatic heterocycles. The summed E-state index contributed by atoms with van der Waals surface area (Å²) in [6.45, 7) is 4.09. The van der Waals surface area contributed by atoms with Gasteiger partial charge in [-0.2, -0.15) is 0 Å². The number of rotatable bonds is 12. The van der Waals surface area contributed by atoms with Crippen molar-refractivity contribution < 1.29 is 5.21 Å². The molecule has 1 rings (SSSR count). The first kappa shape index (κ1) is 18.7. The van der Waals surface area contributed by atoms with Crippen molar-refractivity contribution in [2.75, 3.05) is 0 Å². The second-order valence-electron chi connectivity index (χ2n) is 6.31. The highest BCUT2D eigenvalue weighted by atomic mass is 16.4. The second kappa shape index (κ2) is 12.3. The molecule has 0 unspecified atom stereocenters. The predicted octanol–water partition coefficient (Wildman–Crippen LogP) is 6.35. The van der Waals surface area contributed by atoms with Crippen molar-refractivity contribution in [1.82, 2.24) is 0 Å². The second-order valence-corrected chi connectivity index (χ2v) is 6.31. The lowest BCUT2D eigenvalue weighted by atomic mass is 10.0. The minimum absolute atomic E-state index is 0.672. The number of nitrogens with zero attached hydrogens (tertiary/aromatic N) is 1. The molecule has 2 nitrogen and oxygen atoms in total. The predicted molar refractivity (Wildman–Crippen MR) is 96.0 cm³/mol. The van der Waals surface area contributed by atoms with Gasteiger partial charge in [-0.25, -0.2) is 0 Å². The zero-order chi connectivity index (χ0) is 16.0. The van der Waals surface area contributed by atoms with Crippen LogP contribution < -0.4 is 0 Å². The largest absolute Gasteiger partial charge is 0.411 e. The van der Waals surface area contributed by atoms with E-state index in [4.69, 9.17) is 5.21 Å². The van der Waals surface area contributed by atoms with Crippen LogP contribution in [0, 0.1) is 0 Å². The summed E-state index contributed by atoms with van der Waals surface area (Å²) >= 11 is 0. The van der Waals surface area contributed by atoms with Crippen LogP contribution >= 0.6 is 0 Å². The van der Waals surface area contributed by atoms with E-state index in [1.165, 1.54) is 69.8 Å². The molecule has 1 aromatic rings. The summed E-state index contributed by atoms with van der Waals surface area (Å²) in [5, 5.41) is 12.0. The third kappa shape index (κ3) is 8.21. The van der Waals surface area contributed by atoms with Crippen LogP contribution in [0.3, 0.4) is 0 Å². The summed E-state index contributed by atoms with van der Waals surface area (Å²) in [5.41, 5.74) is 3.05. The van der Waals surface area contributed by atoms with Gasteiger partial charge in [0.2, 0.25) is 0 Å². The van der Waals surface area contributed by atoms with Crippen LogP contribution in [0.4, 0.5) is 0 Å². The molecule has 0 aliphatic carbocycles. The van der Waals surface area contributed by atoms with Crippen LogP contribution in [-0.4, -0.2) is 10.9 Å². The van der Waals surface area contributed by atoms with Crippen LogP contribution in [0.1, 0.15) is 89.2 Å². The van der Waals surface area contributed by atoms with E-state index in [0.717, 1.165) is 12.0 Å². The van der Waals surface area contributed by atoms with Gasteiger partial charge in [-0.1, -0.05) is 94.1 Å². The van der Waals surface area contributed by atoms with Crippen LogP contribution in [0.2, 0.25) is 0 Å². The van der Waals surface area contributed by atoms with Gasteiger partial charge in [-0.15, -0.1) is 0 Å². The normalized spacial score (nSPS) is 11.8. The van der Waals surface area contributed by atoms with E-state index in [9.17, 15) is 0 Å². The molecule has 0 spiro atoms. The third-order valence-corrected chi connectivity index (χ3v) is 4.34. The van der Waals surface area contributed by atoms with Gasteiger partial charge >= 0.3 is 0 Å². The average molecular weight is 303 g/mol. The highest BCUT2D eigenvalue weighted by Crippen LogP contribution is 2.13. The lowest BCUT2D eigenvalue weighted by Gasteiger charge is -2.04. The molecule has 0 heterocycles. The fraction of sp³-hybridized carbons (Fsp3) is 0.650. The first-order valence-corrected chi connectivity index (χ1v) is 9.06. The van der Waals surface area contributed by atoms with E-state index in [1.807, 2.05) is 19.1 Å². The van der Waals surface area contributed by atoms with E-state index >= 15 is 0 Å². The number of unbranched alkanes of at least 4 members (excludes halogenated alkanes) is 9. The Kier molecular flexibility index (Phi) is 10.4. The maximum atomic E-state index is 8.75. The number of hydrogen-bond acceptors (Lipinski definition) is 2. The molecule has 0 saturated heterocycles. The van der Waals surface area contributed by atoms with Crippen molar-refractivity contribution in [3.63, 3.8) is 0 Å². The number of aryl methyl sites for hydroxylation is 1. The van der Waals surface area contributed by atoms with Crippen molar-refractivity contribution in [3.8, 4) is 0 Å². The molecule has 0 aliphatic rings. The Balaban J connectivity index is 2.03. The summed E-state index contributed by atoms with van der Waals surface area (Å²) in [7, 11) is 0. The quantitative estimate of drug-likeness (QED) is 0.207. The van der Waals surface area contributed by atoms with Gasteiger partial charge in [0.15, 0.2) is 0 Å². The van der Waals surface area contributed by atoms with Gasteiger partial charge in [0.1, 0.15) is 0 Å². The molecular weight excluding hydrogens is 270 g/mol. The average Bonchev–Trinajstić information content (AvgIpc) is 2.56. The summed E-state index contributed by atoms with van der Waals surface area (Å²) in [6.07, 6.45) is 15.0. The minimum atomic E-state index is 0.672. The standard InChI is InChI=1S/C20H33NO/c1-3-4-5-6-7-8-9-10-11-12-13-19-14-16-20(17-15-19)18(2)21-22/h14-17,22H,3-13H2,1-2H3/b21-18-. The van der Waals surface area contributed by atoms with Crippen LogP contribution in [0.15, 0.2) is 29.4 Å². The molecule has 0 atom stereocenters. The zero-order valence-electron chi connectivity index (χ0n) is 14.5. The molecule has 1 N–H and O–H groups in total. The SMILES string of the molecule is CCCCCCCCCCCCc1ccc(/C(C)=N\O)cc1. The Morgan fingerprint density at radius 1 is 0.818 bits per heavy atom. The number of benzene rings is 1. The van der Waals surface area contributed by atoms with Crippen LogP contribution in [0.25, 0.3) is 0 Å². The van der Waals surface area contributed by atoms with Gasteiger partial charge in [0.25, 0.3) is 0 Å². The highest BCUT2D eigenvalue weighted by Gasteiger charge is 1.99. The maximum Gasteiger partial charge on any atom is 0.0836 e. The Bertz CT molecular complexity index is 408. The molecule has 0 fully saturated rings. The van der Waals surface area contributed by atoms with Crippen molar-refractivity contribution in [3.05, 3.63) is 35.4 Å². The zero-order valence-corrected chi connectivity index (χ0v) is 14.5. The minimum Gasteiger partial charge on any atom is -0.411 e. The van der Waals surface area contributed by atoms with Crippen molar-refractivity contribution in [2.24, 2.45) is 5.16 Å². The fourth-order valence-electron chi connectivity index (χ4n) is 2.79. The fourth-order valence-corrected chi connectivity index (χ4v) is 2.79. The highest BCUT2D eigenvalue weighted by molar-refractivity contribution is 5.98. The molecule has 0 saturated carbocycles. The lowest BCUT2D eigenvalue weighted by molar-refractivity contribution is 0.319. The van der Waals surface area contributed by atoms with Crippen LogP contribution in [-0.2, 0) is 6.42 Å². The molecule has 0 radical (unpaired) electrons. The molecular formula is C20H33NO. The van der Waals surface area contributed by atoms with Gasteiger partial charge < -0.3 is 5.21 Å². The van der Waals surface area contributed by atoms with E-state index in [0.29, 0.717) is 5.71 Å². The summed E-state index contributed by atoms with van der Waals surface area (Å²) in [4.78, 5) is 0. The van der Waals surface area contributed by atoms with E-state index in [1.54, 1.807) is 0 Å². The third-order valence-electron chi connectivity index (χ3n) is 4.34. The Morgan fingerprint density at radius 3 is 1.82 bits per heavy atom. The summed E-state index contributed by atoms with van der Waals surface area (Å²) in [6, 6.07) is 8.39. The van der Waals surface area contributed by atoms with Gasteiger partial charge in [-0.05, 0) is 30.9 Å². The molecule has 124 valence electrons. The molecule has 0 aliphatic heterocycles. The smallest absolute Gasteiger partial charge is 0.0836 e. The van der Waals surface area contributed by atoms with Crippen LogP contribution in [0.5, 0.6) is 0 Å². The molecule has 1 aromatic carbocycles. The Labute approximate surface area is 136 Å². The van der Waals surface area contributed by atoms with Crippen molar-refractivity contribution in [1.29, 1.82) is 0 Å². The number of hydrogen-bond donors (Lipinski definition) is 1. The Morgan fingerprint density at radius 2 is 1.32 bits per heavy atom. The van der Waals surface area contributed by atoms with E-state index in [2.05, 4.69) is 24.2 Å². The topological polar surface area (TPSA) is 32.6 Å². The first-order chi connectivity index (χ1) is 10.8. The first-order valence-electron chi connectivity index (χ1n) is 9.06. The summed E-state index contributed by atoms with van der Waals surface area (Å²) in [5.74, 6) is 0. The lowest BCUT2D eigenvalue weighted by Crippen LogP contribution is -1.95.